The lowest BCUT2D eigenvalue weighted by Gasteiger charge is -2.07. The number of nitrogens with zero attached hydrogens (tertiary/aromatic N) is 2. The van der Waals surface area contributed by atoms with Crippen LogP contribution in [0.15, 0.2) is 24.3 Å². The molecule has 1 unspecified atom stereocenters. The van der Waals surface area contributed by atoms with Crippen molar-refractivity contribution in [3.63, 3.8) is 0 Å². The largest absolute Gasteiger partial charge is 0.497 e. The third kappa shape index (κ3) is 3.63. The van der Waals surface area contributed by atoms with Crippen molar-refractivity contribution in [1.29, 1.82) is 10.5 Å². The maximum atomic E-state index is 8.93. The van der Waals surface area contributed by atoms with Gasteiger partial charge in [0.25, 0.3) is 0 Å². The topological polar surface area (TPSA) is 56.8 Å². The summed E-state index contributed by atoms with van der Waals surface area (Å²) in [5.74, 6) is 0.738. The van der Waals surface area contributed by atoms with E-state index in [1.807, 2.05) is 24.3 Å². The summed E-state index contributed by atoms with van der Waals surface area (Å²) in [6, 6.07) is 12.0. The van der Waals surface area contributed by atoms with E-state index in [4.69, 9.17) is 15.3 Å². The van der Waals surface area contributed by atoms with Gasteiger partial charge < -0.3 is 4.74 Å². The number of rotatable bonds is 5. The molecule has 0 aromatic heterocycles. The van der Waals surface area contributed by atoms with Crippen LogP contribution in [0.4, 0.5) is 0 Å². The molecule has 1 rings (SSSR count). The molecule has 82 valence electrons. The molecule has 0 bridgehead atoms. The first-order valence-corrected chi connectivity index (χ1v) is 5.19. The minimum atomic E-state index is -0.0759. The number of nitriles is 2. The molecule has 16 heavy (non-hydrogen) atoms. The molecule has 0 spiro atoms. The number of benzene rings is 1. The van der Waals surface area contributed by atoms with Gasteiger partial charge in [0.15, 0.2) is 0 Å². The zero-order valence-electron chi connectivity index (χ0n) is 9.31. The quantitative estimate of drug-likeness (QED) is 0.757. The molecule has 1 aromatic rings. The molecule has 1 atom stereocenters. The van der Waals surface area contributed by atoms with Crippen molar-refractivity contribution in [3.05, 3.63) is 29.8 Å². The fraction of sp³-hybridized carbons (Fsp3) is 0.385. The Morgan fingerprint density at radius 2 is 1.94 bits per heavy atom. The Morgan fingerprint density at radius 1 is 1.25 bits per heavy atom. The van der Waals surface area contributed by atoms with E-state index in [1.54, 1.807) is 7.11 Å². The summed E-state index contributed by atoms with van der Waals surface area (Å²) in [7, 11) is 1.63. The molecule has 3 nitrogen and oxygen atoms in total. The van der Waals surface area contributed by atoms with Crippen molar-refractivity contribution in [3.8, 4) is 17.9 Å². The molecule has 0 saturated carbocycles. The van der Waals surface area contributed by atoms with Crippen molar-refractivity contribution in [1.82, 2.24) is 0 Å². The highest BCUT2D eigenvalue weighted by Crippen LogP contribution is 2.16. The Kier molecular flexibility index (Phi) is 4.89. The van der Waals surface area contributed by atoms with Gasteiger partial charge in [-0.3, -0.25) is 0 Å². The minimum Gasteiger partial charge on any atom is -0.497 e. The van der Waals surface area contributed by atoms with E-state index < -0.39 is 0 Å². The van der Waals surface area contributed by atoms with Crippen LogP contribution >= 0.6 is 0 Å². The van der Waals surface area contributed by atoms with E-state index in [1.165, 1.54) is 0 Å². The molecular formula is C13H14N2O. The molecule has 0 N–H and O–H groups in total. The average Bonchev–Trinajstić information content (AvgIpc) is 2.35. The van der Waals surface area contributed by atoms with Crippen molar-refractivity contribution < 1.29 is 4.74 Å². The summed E-state index contributed by atoms with van der Waals surface area (Å²) in [5, 5.41) is 17.4. The van der Waals surface area contributed by atoms with Crippen molar-refractivity contribution in [2.75, 3.05) is 7.11 Å². The first-order valence-electron chi connectivity index (χ1n) is 5.19. The van der Waals surface area contributed by atoms with Gasteiger partial charge in [-0.15, -0.1) is 0 Å². The number of hydrogen-bond acceptors (Lipinski definition) is 3. The van der Waals surface area contributed by atoms with Crippen LogP contribution in [0, 0.1) is 28.6 Å². The van der Waals surface area contributed by atoms with Gasteiger partial charge in [-0.2, -0.15) is 10.5 Å². The first kappa shape index (κ1) is 12.1. The Hall–Kier alpha value is -2.00. The van der Waals surface area contributed by atoms with Gasteiger partial charge >= 0.3 is 0 Å². The predicted molar refractivity (Wildman–Crippen MR) is 60.6 cm³/mol. The molecule has 0 aliphatic carbocycles. The van der Waals surface area contributed by atoms with Crippen LogP contribution in [0.2, 0.25) is 0 Å². The molecule has 0 amide bonds. The van der Waals surface area contributed by atoms with Crippen molar-refractivity contribution in [2.45, 2.75) is 19.3 Å². The zero-order valence-corrected chi connectivity index (χ0v) is 9.31. The van der Waals surface area contributed by atoms with E-state index in [0.717, 1.165) is 11.3 Å². The van der Waals surface area contributed by atoms with Crippen LogP contribution in [0.5, 0.6) is 5.75 Å². The van der Waals surface area contributed by atoms with E-state index in [9.17, 15) is 0 Å². The fourth-order valence-corrected chi connectivity index (χ4v) is 1.50. The van der Waals surface area contributed by atoms with Gasteiger partial charge in [-0.1, -0.05) is 12.1 Å². The monoisotopic (exact) mass is 214 g/mol. The van der Waals surface area contributed by atoms with E-state index in [0.29, 0.717) is 19.3 Å². The van der Waals surface area contributed by atoms with Crippen LogP contribution in [0.3, 0.4) is 0 Å². The van der Waals surface area contributed by atoms with Crippen LogP contribution < -0.4 is 4.74 Å². The molecule has 0 aliphatic rings. The highest BCUT2D eigenvalue weighted by Gasteiger charge is 2.08. The van der Waals surface area contributed by atoms with E-state index in [-0.39, 0.29) is 5.92 Å². The van der Waals surface area contributed by atoms with Crippen LogP contribution in [0.25, 0.3) is 0 Å². The summed E-state index contributed by atoms with van der Waals surface area (Å²) < 4.78 is 5.06. The Bertz CT molecular complexity index is 397. The first-order chi connectivity index (χ1) is 7.80. The van der Waals surface area contributed by atoms with E-state index >= 15 is 0 Å². The third-order valence-electron chi connectivity index (χ3n) is 2.43. The molecule has 0 heterocycles. The van der Waals surface area contributed by atoms with Crippen LogP contribution in [0.1, 0.15) is 18.4 Å². The second-order valence-electron chi connectivity index (χ2n) is 3.58. The third-order valence-corrected chi connectivity index (χ3v) is 2.43. The second-order valence-corrected chi connectivity index (χ2v) is 3.58. The molecule has 0 aliphatic heterocycles. The standard InChI is InChI=1S/C13H14N2O/c1-16-13-6-4-11(5-7-13)9-12(10-15)3-2-8-14/h4-7,12H,2-3,9H2,1H3. The highest BCUT2D eigenvalue weighted by atomic mass is 16.5. The summed E-state index contributed by atoms with van der Waals surface area (Å²) in [6.07, 6.45) is 1.77. The molecular weight excluding hydrogens is 200 g/mol. The van der Waals surface area contributed by atoms with Gasteiger partial charge in [0.2, 0.25) is 0 Å². The van der Waals surface area contributed by atoms with Gasteiger partial charge in [0.05, 0.1) is 25.2 Å². The smallest absolute Gasteiger partial charge is 0.118 e. The molecule has 1 aromatic carbocycles. The zero-order chi connectivity index (χ0) is 11.8. The summed E-state index contributed by atoms with van der Waals surface area (Å²) in [6.45, 7) is 0. The maximum absolute atomic E-state index is 8.93. The normalized spacial score (nSPS) is 11.2. The fourth-order valence-electron chi connectivity index (χ4n) is 1.50. The Labute approximate surface area is 95.9 Å². The Morgan fingerprint density at radius 3 is 2.44 bits per heavy atom. The number of hydrogen-bond donors (Lipinski definition) is 0. The summed E-state index contributed by atoms with van der Waals surface area (Å²) >= 11 is 0. The molecule has 0 fully saturated rings. The number of methoxy groups -OCH3 is 1. The number of ether oxygens (including phenoxy) is 1. The van der Waals surface area contributed by atoms with E-state index in [2.05, 4.69) is 12.1 Å². The molecule has 3 heteroatoms. The summed E-state index contributed by atoms with van der Waals surface area (Å²) in [4.78, 5) is 0. The van der Waals surface area contributed by atoms with Crippen molar-refractivity contribution >= 4 is 0 Å². The van der Waals surface area contributed by atoms with Crippen LogP contribution in [-0.4, -0.2) is 7.11 Å². The molecule has 0 radical (unpaired) electrons. The predicted octanol–water partition coefficient (Wildman–Crippen LogP) is 2.68. The lowest BCUT2D eigenvalue weighted by Crippen LogP contribution is -2.01. The summed E-state index contributed by atoms with van der Waals surface area (Å²) in [5.41, 5.74) is 1.10. The van der Waals surface area contributed by atoms with Gasteiger partial charge in [-0.25, -0.2) is 0 Å². The molecule has 0 saturated heterocycles. The average molecular weight is 214 g/mol. The van der Waals surface area contributed by atoms with Crippen molar-refractivity contribution in [2.24, 2.45) is 5.92 Å². The Balaban J connectivity index is 2.57. The van der Waals surface area contributed by atoms with Crippen LogP contribution in [-0.2, 0) is 6.42 Å². The maximum Gasteiger partial charge on any atom is 0.118 e. The van der Waals surface area contributed by atoms with Gasteiger partial charge in [-0.05, 0) is 30.5 Å². The SMILES string of the molecule is COc1ccc(CC(C#N)CCC#N)cc1. The van der Waals surface area contributed by atoms with Gasteiger partial charge in [0.1, 0.15) is 5.75 Å². The second kappa shape index (κ2) is 6.48. The minimum absolute atomic E-state index is 0.0759. The lowest BCUT2D eigenvalue weighted by atomic mass is 9.96. The lowest BCUT2D eigenvalue weighted by molar-refractivity contribution is 0.414. The highest BCUT2D eigenvalue weighted by molar-refractivity contribution is 5.27. The van der Waals surface area contributed by atoms with Gasteiger partial charge in [0, 0.05) is 6.42 Å².